The minimum Gasteiger partial charge on any atom is -0.317 e. The molecule has 4 heteroatoms. The van der Waals surface area contributed by atoms with E-state index < -0.39 is 0 Å². The molecule has 0 fully saturated rings. The minimum absolute atomic E-state index is 0.673. The van der Waals surface area contributed by atoms with Gasteiger partial charge in [-0.3, -0.25) is 4.68 Å². The third-order valence-corrected chi connectivity index (χ3v) is 2.41. The highest BCUT2D eigenvalue weighted by Gasteiger charge is 2.08. The highest BCUT2D eigenvalue weighted by molar-refractivity contribution is 4.93. The van der Waals surface area contributed by atoms with Crippen LogP contribution in [-0.2, 0) is 13.5 Å². The zero-order chi connectivity index (χ0) is 10.4. The van der Waals surface area contributed by atoms with Crippen molar-refractivity contribution in [1.82, 2.24) is 20.3 Å². The first kappa shape index (κ1) is 11.2. The molecule has 80 valence electrons. The predicted octanol–water partition coefficient (Wildman–Crippen LogP) is 0.993. The molecule has 0 saturated carbocycles. The standard InChI is InChI=1S/C10H20N4/c1-4-9(7-11-5-2)6-10-8-14(3)13-12-10/h8-9,11H,4-7H2,1-3H3. The topological polar surface area (TPSA) is 42.7 Å². The van der Waals surface area contributed by atoms with E-state index in [1.807, 2.05) is 13.2 Å². The van der Waals surface area contributed by atoms with E-state index in [4.69, 9.17) is 0 Å². The zero-order valence-electron chi connectivity index (χ0n) is 9.32. The van der Waals surface area contributed by atoms with Crippen molar-refractivity contribution >= 4 is 0 Å². The number of hydrogen-bond acceptors (Lipinski definition) is 3. The predicted molar refractivity (Wildman–Crippen MR) is 57.0 cm³/mol. The van der Waals surface area contributed by atoms with Crippen molar-refractivity contribution in [3.8, 4) is 0 Å². The lowest BCUT2D eigenvalue weighted by atomic mass is 10.0. The lowest BCUT2D eigenvalue weighted by Gasteiger charge is -2.12. The lowest BCUT2D eigenvalue weighted by molar-refractivity contribution is 0.462. The molecule has 0 aliphatic rings. The van der Waals surface area contributed by atoms with Gasteiger partial charge in [-0.1, -0.05) is 25.5 Å². The normalized spacial score (nSPS) is 13.1. The third-order valence-electron chi connectivity index (χ3n) is 2.41. The molecule has 0 spiro atoms. The summed E-state index contributed by atoms with van der Waals surface area (Å²) in [6.45, 7) is 6.47. The molecular weight excluding hydrogens is 176 g/mol. The summed E-state index contributed by atoms with van der Waals surface area (Å²) in [5.74, 6) is 0.673. The van der Waals surface area contributed by atoms with Crippen molar-refractivity contribution in [3.63, 3.8) is 0 Å². The Hall–Kier alpha value is -0.900. The van der Waals surface area contributed by atoms with E-state index in [1.54, 1.807) is 4.68 Å². The Labute approximate surface area is 85.7 Å². The molecule has 1 aromatic rings. The van der Waals surface area contributed by atoms with Gasteiger partial charge in [0.25, 0.3) is 0 Å². The van der Waals surface area contributed by atoms with Crippen molar-refractivity contribution in [2.24, 2.45) is 13.0 Å². The van der Waals surface area contributed by atoms with Gasteiger partial charge in [0, 0.05) is 13.2 Å². The molecule has 1 heterocycles. The van der Waals surface area contributed by atoms with Crippen LogP contribution in [0.4, 0.5) is 0 Å². The summed E-state index contributed by atoms with van der Waals surface area (Å²) < 4.78 is 1.76. The average Bonchev–Trinajstić information content (AvgIpc) is 2.58. The van der Waals surface area contributed by atoms with Crippen molar-refractivity contribution < 1.29 is 0 Å². The first-order valence-electron chi connectivity index (χ1n) is 5.32. The molecule has 1 unspecified atom stereocenters. The maximum atomic E-state index is 4.10. The molecule has 14 heavy (non-hydrogen) atoms. The van der Waals surface area contributed by atoms with Crippen LogP contribution in [0, 0.1) is 5.92 Å². The maximum absolute atomic E-state index is 4.10. The fraction of sp³-hybridized carbons (Fsp3) is 0.800. The monoisotopic (exact) mass is 196 g/mol. The molecule has 1 rings (SSSR count). The summed E-state index contributed by atoms with van der Waals surface area (Å²) in [5.41, 5.74) is 1.09. The minimum atomic E-state index is 0.673. The fourth-order valence-electron chi connectivity index (χ4n) is 1.49. The molecule has 0 saturated heterocycles. The molecule has 4 nitrogen and oxygen atoms in total. The number of rotatable bonds is 6. The Morgan fingerprint density at radius 3 is 2.79 bits per heavy atom. The van der Waals surface area contributed by atoms with Crippen LogP contribution in [0.25, 0.3) is 0 Å². The van der Waals surface area contributed by atoms with Gasteiger partial charge in [-0.05, 0) is 25.4 Å². The Morgan fingerprint density at radius 1 is 1.50 bits per heavy atom. The second kappa shape index (κ2) is 5.75. The van der Waals surface area contributed by atoms with Gasteiger partial charge in [0.05, 0.1) is 5.69 Å². The Bertz CT molecular complexity index is 256. The van der Waals surface area contributed by atoms with Gasteiger partial charge in [0.15, 0.2) is 0 Å². The van der Waals surface area contributed by atoms with Gasteiger partial charge in [0.2, 0.25) is 0 Å². The van der Waals surface area contributed by atoms with Gasteiger partial charge in [-0.15, -0.1) is 5.10 Å². The van der Waals surface area contributed by atoms with Crippen LogP contribution >= 0.6 is 0 Å². The Morgan fingerprint density at radius 2 is 2.29 bits per heavy atom. The number of nitrogens with zero attached hydrogens (tertiary/aromatic N) is 3. The van der Waals surface area contributed by atoms with E-state index in [0.29, 0.717) is 5.92 Å². The second-order valence-electron chi connectivity index (χ2n) is 3.67. The molecule has 1 atom stereocenters. The number of aromatic nitrogens is 3. The number of aryl methyl sites for hydroxylation is 1. The summed E-state index contributed by atoms with van der Waals surface area (Å²) in [6.07, 6.45) is 4.20. The molecule has 1 N–H and O–H groups in total. The maximum Gasteiger partial charge on any atom is 0.0830 e. The van der Waals surface area contributed by atoms with E-state index in [9.17, 15) is 0 Å². The van der Waals surface area contributed by atoms with Gasteiger partial charge >= 0.3 is 0 Å². The highest BCUT2D eigenvalue weighted by Crippen LogP contribution is 2.08. The first-order chi connectivity index (χ1) is 6.76. The Balaban J connectivity index is 2.40. The quantitative estimate of drug-likeness (QED) is 0.738. The van der Waals surface area contributed by atoms with Crippen LogP contribution in [-0.4, -0.2) is 28.1 Å². The third kappa shape index (κ3) is 3.46. The molecule has 0 aromatic carbocycles. The van der Waals surface area contributed by atoms with Crippen LogP contribution < -0.4 is 5.32 Å². The second-order valence-corrected chi connectivity index (χ2v) is 3.67. The van der Waals surface area contributed by atoms with E-state index in [0.717, 1.165) is 25.2 Å². The first-order valence-corrected chi connectivity index (χ1v) is 5.32. The molecule has 0 amide bonds. The molecule has 0 aliphatic carbocycles. The van der Waals surface area contributed by atoms with Crippen LogP contribution in [0.2, 0.25) is 0 Å². The molecular formula is C10H20N4. The van der Waals surface area contributed by atoms with Gasteiger partial charge in [-0.2, -0.15) is 0 Å². The van der Waals surface area contributed by atoms with Crippen LogP contribution in [0.15, 0.2) is 6.20 Å². The summed E-state index contributed by atoms with van der Waals surface area (Å²) in [5, 5.41) is 11.4. The van der Waals surface area contributed by atoms with Crippen LogP contribution in [0.3, 0.4) is 0 Å². The van der Waals surface area contributed by atoms with E-state index in [1.165, 1.54) is 6.42 Å². The van der Waals surface area contributed by atoms with Crippen molar-refractivity contribution in [2.75, 3.05) is 13.1 Å². The fourth-order valence-corrected chi connectivity index (χ4v) is 1.49. The van der Waals surface area contributed by atoms with Crippen LogP contribution in [0.1, 0.15) is 26.0 Å². The SMILES string of the molecule is CCNCC(CC)Cc1cn(C)nn1. The summed E-state index contributed by atoms with van der Waals surface area (Å²) in [6, 6.07) is 0. The van der Waals surface area contributed by atoms with Crippen molar-refractivity contribution in [1.29, 1.82) is 0 Å². The van der Waals surface area contributed by atoms with E-state index >= 15 is 0 Å². The Kier molecular flexibility index (Phi) is 4.59. The van der Waals surface area contributed by atoms with E-state index in [2.05, 4.69) is 29.5 Å². The van der Waals surface area contributed by atoms with Crippen molar-refractivity contribution in [3.05, 3.63) is 11.9 Å². The van der Waals surface area contributed by atoms with Gasteiger partial charge in [-0.25, -0.2) is 0 Å². The van der Waals surface area contributed by atoms with E-state index in [-0.39, 0.29) is 0 Å². The number of nitrogens with one attached hydrogen (secondary N) is 1. The molecule has 0 radical (unpaired) electrons. The largest absolute Gasteiger partial charge is 0.317 e. The van der Waals surface area contributed by atoms with Gasteiger partial charge < -0.3 is 5.32 Å². The zero-order valence-corrected chi connectivity index (χ0v) is 9.32. The highest BCUT2D eigenvalue weighted by atomic mass is 15.4. The average molecular weight is 196 g/mol. The molecule has 1 aromatic heterocycles. The summed E-state index contributed by atoms with van der Waals surface area (Å²) in [7, 11) is 1.90. The molecule has 0 bridgehead atoms. The van der Waals surface area contributed by atoms with Crippen LogP contribution in [0.5, 0.6) is 0 Å². The number of hydrogen-bond donors (Lipinski definition) is 1. The van der Waals surface area contributed by atoms with Crippen molar-refractivity contribution in [2.45, 2.75) is 26.7 Å². The lowest BCUT2D eigenvalue weighted by Crippen LogP contribution is -2.23. The summed E-state index contributed by atoms with van der Waals surface area (Å²) in [4.78, 5) is 0. The molecule has 0 aliphatic heterocycles. The summed E-state index contributed by atoms with van der Waals surface area (Å²) >= 11 is 0. The van der Waals surface area contributed by atoms with Gasteiger partial charge in [0.1, 0.15) is 0 Å². The smallest absolute Gasteiger partial charge is 0.0830 e.